The maximum absolute atomic E-state index is 5.38. The van der Waals surface area contributed by atoms with Crippen LogP contribution in [0, 0.1) is 0 Å². The predicted molar refractivity (Wildman–Crippen MR) is 48.4 cm³/mol. The van der Waals surface area contributed by atoms with Crippen LogP contribution < -0.4 is 5.73 Å². The molecule has 0 aromatic carbocycles. The van der Waals surface area contributed by atoms with Gasteiger partial charge in [-0.25, -0.2) is 0 Å². The molecule has 1 rings (SSSR count). The Balaban J connectivity index is 0.000000461. The van der Waals surface area contributed by atoms with E-state index >= 15 is 0 Å². The molecule has 0 radical (unpaired) electrons. The molecule has 0 bridgehead atoms. The highest BCUT2D eigenvalue weighted by atomic mass is 15.3. The van der Waals surface area contributed by atoms with Crippen molar-refractivity contribution in [3.8, 4) is 0 Å². The zero-order valence-electron chi connectivity index (χ0n) is 7.70. The Morgan fingerprint density at radius 1 is 1.45 bits per heavy atom. The fourth-order valence-electron chi connectivity index (χ4n) is 0.640. The summed E-state index contributed by atoms with van der Waals surface area (Å²) in [6, 6.07) is 2.20. The van der Waals surface area contributed by atoms with Gasteiger partial charge < -0.3 is 5.73 Å². The van der Waals surface area contributed by atoms with Gasteiger partial charge in [0.25, 0.3) is 0 Å². The summed E-state index contributed by atoms with van der Waals surface area (Å²) in [7, 11) is 0. The zero-order valence-corrected chi connectivity index (χ0v) is 7.70. The lowest BCUT2D eigenvalue weighted by Gasteiger charge is -2.02. The summed E-state index contributed by atoms with van der Waals surface area (Å²) in [5.74, 6) is 0.587. The van der Waals surface area contributed by atoms with E-state index in [-0.39, 0.29) is 0 Å². The van der Waals surface area contributed by atoms with Crippen LogP contribution in [0.5, 0.6) is 0 Å². The fraction of sp³-hybridized carbons (Fsp3) is 0.625. The van der Waals surface area contributed by atoms with Crippen LogP contribution in [0.25, 0.3) is 0 Å². The molecule has 0 unspecified atom stereocenters. The van der Waals surface area contributed by atoms with Crippen LogP contribution in [0.2, 0.25) is 0 Å². The largest absolute Gasteiger partial charge is 0.382 e. The fourth-order valence-corrected chi connectivity index (χ4v) is 0.640. The van der Waals surface area contributed by atoms with Crippen LogP contribution in [-0.2, 0) is 0 Å². The van der Waals surface area contributed by atoms with E-state index in [1.165, 1.54) is 0 Å². The van der Waals surface area contributed by atoms with Crippen LogP contribution >= 0.6 is 0 Å². The molecule has 11 heavy (non-hydrogen) atoms. The molecule has 0 fully saturated rings. The van der Waals surface area contributed by atoms with E-state index in [0.29, 0.717) is 11.9 Å². The molecule has 1 aromatic rings. The van der Waals surface area contributed by atoms with Gasteiger partial charge in [0.15, 0.2) is 0 Å². The van der Waals surface area contributed by atoms with Gasteiger partial charge in [-0.15, -0.1) is 0 Å². The molecule has 2 N–H and O–H groups in total. The van der Waals surface area contributed by atoms with E-state index in [0.717, 1.165) is 0 Å². The van der Waals surface area contributed by atoms with Crippen LogP contribution in [0.1, 0.15) is 33.7 Å². The molecule has 0 aliphatic carbocycles. The van der Waals surface area contributed by atoms with Gasteiger partial charge in [-0.3, -0.25) is 4.68 Å². The molecule has 64 valence electrons. The van der Waals surface area contributed by atoms with E-state index in [4.69, 9.17) is 5.73 Å². The number of nitrogen functional groups attached to an aromatic ring is 1. The molecular weight excluding hydrogens is 138 g/mol. The van der Waals surface area contributed by atoms with E-state index in [9.17, 15) is 0 Å². The van der Waals surface area contributed by atoms with Gasteiger partial charge in [-0.2, -0.15) is 5.10 Å². The topological polar surface area (TPSA) is 43.8 Å². The third-order valence-electron chi connectivity index (χ3n) is 1.16. The monoisotopic (exact) mass is 155 g/mol. The van der Waals surface area contributed by atoms with Crippen LogP contribution in [0.15, 0.2) is 12.3 Å². The van der Waals surface area contributed by atoms with Crippen LogP contribution in [0.4, 0.5) is 5.82 Å². The van der Waals surface area contributed by atoms with Crippen molar-refractivity contribution in [2.75, 3.05) is 5.73 Å². The zero-order chi connectivity index (χ0) is 8.85. The Morgan fingerprint density at radius 3 is 2.18 bits per heavy atom. The van der Waals surface area contributed by atoms with Crippen molar-refractivity contribution in [2.45, 2.75) is 33.7 Å². The van der Waals surface area contributed by atoms with Gasteiger partial charge in [-0.1, -0.05) is 13.8 Å². The molecular formula is C8H17N3. The van der Waals surface area contributed by atoms with Crippen molar-refractivity contribution in [1.82, 2.24) is 9.78 Å². The highest BCUT2D eigenvalue weighted by Gasteiger charge is 1.96. The molecule has 0 amide bonds. The molecule has 3 heteroatoms. The summed E-state index contributed by atoms with van der Waals surface area (Å²) >= 11 is 0. The van der Waals surface area contributed by atoms with Gasteiger partial charge >= 0.3 is 0 Å². The first-order valence-corrected chi connectivity index (χ1v) is 4.01. The van der Waals surface area contributed by atoms with E-state index < -0.39 is 0 Å². The lowest BCUT2D eigenvalue weighted by Crippen LogP contribution is -2.01. The molecule has 0 aliphatic rings. The van der Waals surface area contributed by atoms with Crippen molar-refractivity contribution in [3.05, 3.63) is 12.3 Å². The maximum Gasteiger partial charge on any atom is 0.145 e. The normalized spacial score (nSPS) is 9.18. The summed E-state index contributed by atoms with van der Waals surface area (Å²) in [5.41, 5.74) is 5.38. The Labute approximate surface area is 68.2 Å². The first-order valence-electron chi connectivity index (χ1n) is 4.01. The quantitative estimate of drug-likeness (QED) is 0.674. The molecule has 0 atom stereocenters. The number of aromatic nitrogens is 2. The Kier molecular flexibility index (Phi) is 4.34. The summed E-state index contributed by atoms with van der Waals surface area (Å²) in [4.78, 5) is 0. The van der Waals surface area contributed by atoms with Crippen molar-refractivity contribution in [2.24, 2.45) is 0 Å². The summed E-state index contributed by atoms with van der Waals surface area (Å²) < 4.78 is 1.83. The number of nitrogens with two attached hydrogens (primary N) is 1. The third kappa shape index (κ3) is 3.07. The van der Waals surface area contributed by atoms with Gasteiger partial charge in [0, 0.05) is 12.2 Å². The van der Waals surface area contributed by atoms with E-state index in [1.54, 1.807) is 6.07 Å². The molecule has 0 spiro atoms. The minimum Gasteiger partial charge on any atom is -0.382 e. The van der Waals surface area contributed by atoms with Gasteiger partial charge in [0.2, 0.25) is 0 Å². The molecule has 1 aromatic heterocycles. The van der Waals surface area contributed by atoms with Crippen molar-refractivity contribution < 1.29 is 0 Å². The molecule has 3 nitrogen and oxygen atoms in total. The maximum atomic E-state index is 5.38. The van der Waals surface area contributed by atoms with Crippen LogP contribution in [0.3, 0.4) is 0 Å². The Bertz CT molecular complexity index is 191. The van der Waals surface area contributed by atoms with E-state index in [1.807, 2.05) is 24.7 Å². The molecule has 0 saturated heterocycles. The number of nitrogens with zero attached hydrogens (tertiary/aromatic N) is 2. The minimum atomic E-state index is 0.405. The average Bonchev–Trinajstić information content (AvgIpc) is 2.40. The highest BCUT2D eigenvalue weighted by Crippen LogP contribution is 2.03. The summed E-state index contributed by atoms with van der Waals surface area (Å²) in [6.07, 6.45) is 1.88. The Morgan fingerprint density at radius 2 is 2.00 bits per heavy atom. The number of rotatable bonds is 1. The second-order valence-electron chi connectivity index (χ2n) is 2.31. The van der Waals surface area contributed by atoms with Crippen LogP contribution in [-0.4, -0.2) is 9.78 Å². The van der Waals surface area contributed by atoms with Gasteiger partial charge in [0.05, 0.1) is 0 Å². The number of hydrogen-bond donors (Lipinski definition) is 1. The number of hydrogen-bond acceptors (Lipinski definition) is 2. The van der Waals surface area contributed by atoms with Gasteiger partial charge in [-0.05, 0) is 19.9 Å². The van der Waals surface area contributed by atoms with Crippen molar-refractivity contribution in [1.29, 1.82) is 0 Å². The second-order valence-corrected chi connectivity index (χ2v) is 2.31. The first-order chi connectivity index (χ1) is 5.20. The summed E-state index contributed by atoms with van der Waals surface area (Å²) in [6.45, 7) is 8.12. The minimum absolute atomic E-state index is 0.405. The molecule has 0 aliphatic heterocycles. The second kappa shape index (κ2) is 4.77. The Hall–Kier alpha value is -0.990. The third-order valence-corrected chi connectivity index (χ3v) is 1.16. The van der Waals surface area contributed by atoms with Crippen molar-refractivity contribution in [3.63, 3.8) is 0 Å². The van der Waals surface area contributed by atoms with Gasteiger partial charge in [0.1, 0.15) is 5.82 Å². The lowest BCUT2D eigenvalue weighted by molar-refractivity contribution is 0.534. The average molecular weight is 155 g/mol. The first kappa shape index (κ1) is 10.0. The predicted octanol–water partition coefficient (Wildman–Crippen LogP) is 2.07. The number of anilines is 1. The summed E-state index contributed by atoms with van der Waals surface area (Å²) in [5, 5.41) is 4.00. The van der Waals surface area contributed by atoms with E-state index in [2.05, 4.69) is 18.9 Å². The van der Waals surface area contributed by atoms with Crippen molar-refractivity contribution >= 4 is 5.82 Å². The smallest absolute Gasteiger partial charge is 0.145 e. The molecule has 1 heterocycles. The SMILES string of the molecule is CC.CC(C)n1ccc(N)n1. The highest BCUT2D eigenvalue weighted by molar-refractivity contribution is 5.23. The lowest BCUT2D eigenvalue weighted by atomic mass is 10.4. The molecule has 0 saturated carbocycles. The standard InChI is InChI=1S/C6H11N3.C2H6/c1-5(2)9-4-3-6(7)8-9;1-2/h3-5H,1-2H3,(H2,7,8);1-2H3.